The molecule has 0 saturated carbocycles. The molecule has 3 nitrogen and oxygen atoms in total. The van der Waals surface area contributed by atoms with E-state index < -0.39 is 0 Å². The largest absolute Gasteiger partial charge is 0.384 e. The molecular weight excluding hydrogens is 222 g/mol. The van der Waals surface area contributed by atoms with Crippen LogP contribution in [-0.2, 0) is 0 Å². The molecule has 0 radical (unpaired) electrons. The maximum absolute atomic E-state index is 4.22. The summed E-state index contributed by atoms with van der Waals surface area (Å²) < 4.78 is 0. The molecule has 0 aliphatic heterocycles. The van der Waals surface area contributed by atoms with Gasteiger partial charge in [0.05, 0.1) is 23.8 Å². The summed E-state index contributed by atoms with van der Waals surface area (Å²) in [4.78, 5) is 4.22. The van der Waals surface area contributed by atoms with Crippen LogP contribution in [0.1, 0.15) is 25.5 Å². The van der Waals surface area contributed by atoms with E-state index >= 15 is 0 Å². The summed E-state index contributed by atoms with van der Waals surface area (Å²) in [6, 6.07) is 12.7. The molecule has 0 amide bonds. The fourth-order valence-electron chi connectivity index (χ4n) is 1.89. The standard InChI is InChI=1S/C15H19N3/c1-3-17-14-9-15(11-16-10-14)18-12(2)13-7-5-4-6-8-13/h4-12,17-18H,3H2,1-2H3. The Morgan fingerprint density at radius 1 is 1.11 bits per heavy atom. The number of nitrogens with one attached hydrogen (secondary N) is 2. The predicted molar refractivity (Wildman–Crippen MR) is 76.9 cm³/mol. The van der Waals surface area contributed by atoms with E-state index in [0.717, 1.165) is 17.9 Å². The molecule has 0 fully saturated rings. The van der Waals surface area contributed by atoms with Crippen LogP contribution in [0.4, 0.5) is 11.4 Å². The zero-order chi connectivity index (χ0) is 12.8. The first-order valence-corrected chi connectivity index (χ1v) is 6.30. The van der Waals surface area contributed by atoms with Crippen LogP contribution in [0.2, 0.25) is 0 Å². The lowest BCUT2D eigenvalue weighted by Crippen LogP contribution is -2.07. The Kier molecular flexibility index (Phi) is 4.18. The number of hydrogen-bond acceptors (Lipinski definition) is 3. The topological polar surface area (TPSA) is 37.0 Å². The number of pyridine rings is 1. The second-order valence-electron chi connectivity index (χ2n) is 4.27. The average Bonchev–Trinajstić information content (AvgIpc) is 2.40. The molecule has 2 aromatic rings. The second-order valence-corrected chi connectivity index (χ2v) is 4.27. The first-order chi connectivity index (χ1) is 8.79. The minimum atomic E-state index is 0.268. The van der Waals surface area contributed by atoms with E-state index in [2.05, 4.69) is 59.8 Å². The van der Waals surface area contributed by atoms with Gasteiger partial charge in [-0.15, -0.1) is 0 Å². The van der Waals surface area contributed by atoms with Gasteiger partial charge in [-0.25, -0.2) is 0 Å². The van der Waals surface area contributed by atoms with E-state index in [1.54, 1.807) is 0 Å². The van der Waals surface area contributed by atoms with Crippen LogP contribution >= 0.6 is 0 Å². The molecule has 0 saturated heterocycles. The molecule has 0 aliphatic carbocycles. The van der Waals surface area contributed by atoms with E-state index in [-0.39, 0.29) is 6.04 Å². The lowest BCUT2D eigenvalue weighted by Gasteiger charge is -2.16. The minimum absolute atomic E-state index is 0.268. The van der Waals surface area contributed by atoms with E-state index in [4.69, 9.17) is 0 Å². The minimum Gasteiger partial charge on any atom is -0.384 e. The Hall–Kier alpha value is -2.03. The van der Waals surface area contributed by atoms with Crippen molar-refractivity contribution < 1.29 is 0 Å². The van der Waals surface area contributed by atoms with Crippen LogP contribution in [0.3, 0.4) is 0 Å². The first-order valence-electron chi connectivity index (χ1n) is 6.30. The van der Waals surface area contributed by atoms with Crippen LogP contribution in [-0.4, -0.2) is 11.5 Å². The Labute approximate surface area is 108 Å². The lowest BCUT2D eigenvalue weighted by atomic mass is 10.1. The highest BCUT2D eigenvalue weighted by molar-refractivity contribution is 5.54. The van der Waals surface area contributed by atoms with Gasteiger partial charge in [0.2, 0.25) is 0 Å². The van der Waals surface area contributed by atoms with Crippen molar-refractivity contribution in [3.8, 4) is 0 Å². The Morgan fingerprint density at radius 2 is 1.83 bits per heavy atom. The second kappa shape index (κ2) is 6.05. The molecule has 0 spiro atoms. The molecular formula is C15H19N3. The van der Waals surface area contributed by atoms with Gasteiger partial charge in [0.15, 0.2) is 0 Å². The van der Waals surface area contributed by atoms with Crippen molar-refractivity contribution in [2.45, 2.75) is 19.9 Å². The van der Waals surface area contributed by atoms with Crippen LogP contribution in [0.15, 0.2) is 48.8 Å². The van der Waals surface area contributed by atoms with E-state index in [1.165, 1.54) is 5.56 Å². The van der Waals surface area contributed by atoms with Crippen molar-refractivity contribution in [2.75, 3.05) is 17.2 Å². The summed E-state index contributed by atoms with van der Waals surface area (Å²) in [6.45, 7) is 5.13. The highest BCUT2D eigenvalue weighted by Gasteiger charge is 2.04. The van der Waals surface area contributed by atoms with Gasteiger partial charge in [0, 0.05) is 12.6 Å². The van der Waals surface area contributed by atoms with Crippen LogP contribution < -0.4 is 10.6 Å². The van der Waals surface area contributed by atoms with E-state index in [0.29, 0.717) is 0 Å². The zero-order valence-electron chi connectivity index (χ0n) is 10.9. The molecule has 1 aromatic carbocycles. The summed E-state index contributed by atoms with van der Waals surface area (Å²) in [7, 11) is 0. The maximum Gasteiger partial charge on any atom is 0.0552 e. The fourth-order valence-corrected chi connectivity index (χ4v) is 1.89. The summed E-state index contributed by atoms with van der Waals surface area (Å²) in [5.41, 5.74) is 3.35. The van der Waals surface area contributed by atoms with Gasteiger partial charge in [0.25, 0.3) is 0 Å². The molecule has 0 bridgehead atoms. The molecule has 18 heavy (non-hydrogen) atoms. The van der Waals surface area contributed by atoms with Crippen molar-refractivity contribution >= 4 is 11.4 Å². The number of hydrogen-bond donors (Lipinski definition) is 2. The molecule has 1 heterocycles. The van der Waals surface area contributed by atoms with Gasteiger partial charge in [-0.1, -0.05) is 30.3 Å². The SMILES string of the molecule is CCNc1cncc(NC(C)c2ccccc2)c1. The number of benzene rings is 1. The van der Waals surface area contributed by atoms with Crippen LogP contribution in [0.5, 0.6) is 0 Å². The van der Waals surface area contributed by atoms with Gasteiger partial charge < -0.3 is 10.6 Å². The molecule has 1 unspecified atom stereocenters. The summed E-state index contributed by atoms with van der Waals surface area (Å²) >= 11 is 0. The Morgan fingerprint density at radius 3 is 2.56 bits per heavy atom. The molecule has 3 heteroatoms. The monoisotopic (exact) mass is 241 g/mol. The highest BCUT2D eigenvalue weighted by atomic mass is 14.9. The number of nitrogens with zero attached hydrogens (tertiary/aromatic N) is 1. The van der Waals surface area contributed by atoms with E-state index in [1.807, 2.05) is 18.5 Å². The zero-order valence-corrected chi connectivity index (χ0v) is 10.9. The number of rotatable bonds is 5. The van der Waals surface area contributed by atoms with Crippen molar-refractivity contribution in [3.63, 3.8) is 0 Å². The van der Waals surface area contributed by atoms with Crippen LogP contribution in [0.25, 0.3) is 0 Å². The van der Waals surface area contributed by atoms with Gasteiger partial charge in [0.1, 0.15) is 0 Å². The highest BCUT2D eigenvalue weighted by Crippen LogP contribution is 2.20. The Balaban J connectivity index is 2.07. The quantitative estimate of drug-likeness (QED) is 0.838. The van der Waals surface area contributed by atoms with Crippen molar-refractivity contribution in [3.05, 3.63) is 54.4 Å². The molecule has 0 aliphatic rings. The van der Waals surface area contributed by atoms with E-state index in [9.17, 15) is 0 Å². The smallest absolute Gasteiger partial charge is 0.0552 e. The molecule has 1 atom stereocenters. The summed E-state index contributed by atoms with van der Waals surface area (Å²) in [5, 5.41) is 6.71. The van der Waals surface area contributed by atoms with Gasteiger partial charge in [-0.05, 0) is 25.5 Å². The van der Waals surface area contributed by atoms with Gasteiger partial charge >= 0.3 is 0 Å². The number of anilines is 2. The third-order valence-electron chi connectivity index (χ3n) is 2.80. The summed E-state index contributed by atoms with van der Waals surface area (Å²) in [5.74, 6) is 0. The first kappa shape index (κ1) is 12.4. The third kappa shape index (κ3) is 3.23. The van der Waals surface area contributed by atoms with Gasteiger partial charge in [-0.3, -0.25) is 4.98 Å². The molecule has 1 aromatic heterocycles. The van der Waals surface area contributed by atoms with Crippen molar-refractivity contribution in [1.82, 2.24) is 4.98 Å². The van der Waals surface area contributed by atoms with Gasteiger partial charge in [-0.2, -0.15) is 0 Å². The molecule has 2 rings (SSSR count). The maximum atomic E-state index is 4.22. The molecule has 2 N–H and O–H groups in total. The normalized spacial score (nSPS) is 11.9. The number of aromatic nitrogens is 1. The van der Waals surface area contributed by atoms with Crippen molar-refractivity contribution in [1.29, 1.82) is 0 Å². The third-order valence-corrected chi connectivity index (χ3v) is 2.80. The average molecular weight is 241 g/mol. The molecule has 94 valence electrons. The Bertz CT molecular complexity index is 482. The predicted octanol–water partition coefficient (Wildman–Crippen LogP) is 3.69. The van der Waals surface area contributed by atoms with Crippen molar-refractivity contribution in [2.24, 2.45) is 0 Å². The van der Waals surface area contributed by atoms with Crippen LogP contribution in [0, 0.1) is 0 Å². The fraction of sp³-hybridized carbons (Fsp3) is 0.267. The lowest BCUT2D eigenvalue weighted by molar-refractivity contribution is 0.883. The summed E-state index contributed by atoms with van der Waals surface area (Å²) in [6.07, 6.45) is 3.68.